The van der Waals surface area contributed by atoms with E-state index in [1.165, 1.54) is 0 Å². The van der Waals surface area contributed by atoms with Crippen LogP contribution in [0.4, 0.5) is 0 Å². The third kappa shape index (κ3) is 10.9. The van der Waals surface area contributed by atoms with Gasteiger partial charge < -0.3 is 38.3 Å². The largest absolute Gasteiger partial charge is 0.480 e. The number of primary amides is 2. The van der Waals surface area contributed by atoms with E-state index >= 15 is 0 Å². The summed E-state index contributed by atoms with van der Waals surface area (Å²) in [6.07, 6.45) is -0.954. The van der Waals surface area contributed by atoms with Crippen LogP contribution in [0.3, 0.4) is 0 Å². The van der Waals surface area contributed by atoms with Gasteiger partial charge in [-0.1, -0.05) is 30.3 Å². The molecule has 0 saturated heterocycles. The second kappa shape index (κ2) is 14.6. The first-order valence-corrected chi connectivity index (χ1v) is 11.2. The van der Waals surface area contributed by atoms with E-state index < -0.39 is 66.1 Å². The maximum absolute atomic E-state index is 12.9. The number of benzene rings is 1. The van der Waals surface area contributed by atoms with Crippen molar-refractivity contribution in [3.63, 3.8) is 0 Å². The van der Waals surface area contributed by atoms with Crippen molar-refractivity contribution >= 4 is 48.1 Å². The maximum Gasteiger partial charge on any atom is 0.326 e. The number of carbonyl (C=O) groups is 6. The van der Waals surface area contributed by atoms with Crippen LogP contribution in [0.25, 0.3) is 0 Å². The van der Waals surface area contributed by atoms with E-state index in [4.69, 9.17) is 17.2 Å². The summed E-state index contributed by atoms with van der Waals surface area (Å²) in [5.74, 6) is -5.53. The molecule has 0 aliphatic carbocycles. The summed E-state index contributed by atoms with van der Waals surface area (Å²) in [7, 11) is 0. The Kier molecular flexibility index (Phi) is 12.2. The third-order valence-electron chi connectivity index (χ3n) is 4.78. The molecule has 0 fully saturated rings. The van der Waals surface area contributed by atoms with Crippen molar-refractivity contribution < 1.29 is 33.9 Å². The molecule has 35 heavy (non-hydrogen) atoms. The molecule has 0 spiro atoms. The first-order chi connectivity index (χ1) is 16.4. The molecule has 0 bridgehead atoms. The Labute approximate surface area is 206 Å². The van der Waals surface area contributed by atoms with Gasteiger partial charge in [0, 0.05) is 18.6 Å². The summed E-state index contributed by atoms with van der Waals surface area (Å²) in [6, 6.07) is 3.43. The van der Waals surface area contributed by atoms with Crippen LogP contribution >= 0.6 is 12.6 Å². The minimum Gasteiger partial charge on any atom is -0.480 e. The first-order valence-electron chi connectivity index (χ1n) is 10.6. The molecule has 1 aromatic rings. The average Bonchev–Trinajstić information content (AvgIpc) is 2.79. The highest BCUT2D eigenvalue weighted by molar-refractivity contribution is 7.80. The van der Waals surface area contributed by atoms with Gasteiger partial charge in [-0.25, -0.2) is 4.79 Å². The van der Waals surface area contributed by atoms with Gasteiger partial charge in [-0.05, 0) is 12.0 Å². The van der Waals surface area contributed by atoms with E-state index in [9.17, 15) is 33.9 Å². The van der Waals surface area contributed by atoms with E-state index in [2.05, 4.69) is 28.6 Å². The van der Waals surface area contributed by atoms with Gasteiger partial charge in [0.2, 0.25) is 29.5 Å². The SMILES string of the molecule is NC(=O)CCC(NC(=O)C(Cc1ccccc1)NC(=O)C(CS)NC(=O)C(N)CC(N)=O)C(=O)O. The highest BCUT2D eigenvalue weighted by atomic mass is 32.1. The number of aliphatic carboxylic acids is 1. The molecule has 192 valence electrons. The number of hydrogen-bond acceptors (Lipinski definition) is 8. The topological polar surface area (TPSA) is 237 Å². The predicted octanol–water partition coefficient (Wildman–Crippen LogP) is -2.83. The molecule has 0 heterocycles. The highest BCUT2D eigenvalue weighted by Crippen LogP contribution is 2.06. The molecule has 0 aromatic heterocycles. The highest BCUT2D eigenvalue weighted by Gasteiger charge is 2.30. The van der Waals surface area contributed by atoms with Gasteiger partial charge in [0.25, 0.3) is 0 Å². The van der Waals surface area contributed by atoms with Crippen LogP contribution in [0.2, 0.25) is 0 Å². The molecular formula is C21H30N6O7S. The Morgan fingerprint density at radius 3 is 1.89 bits per heavy atom. The monoisotopic (exact) mass is 510 g/mol. The Hall–Kier alpha value is -3.65. The second-order valence-electron chi connectivity index (χ2n) is 7.68. The molecule has 4 unspecified atom stereocenters. The van der Waals surface area contributed by atoms with Crippen LogP contribution < -0.4 is 33.2 Å². The minimum absolute atomic E-state index is 0.00496. The molecule has 13 nitrogen and oxygen atoms in total. The standard InChI is InChI=1S/C21H30N6O7S/c22-12(9-17(24)29)18(30)27-15(10-35)20(32)26-14(8-11-4-2-1-3-5-11)19(31)25-13(21(33)34)6-7-16(23)28/h1-5,12-15,35H,6-10,22H2,(H2,23,28)(H2,24,29)(H,25,31)(H,26,32)(H,27,30)(H,33,34). The lowest BCUT2D eigenvalue weighted by Crippen LogP contribution is -2.58. The third-order valence-corrected chi connectivity index (χ3v) is 5.15. The number of nitrogens with one attached hydrogen (secondary N) is 3. The fourth-order valence-corrected chi connectivity index (χ4v) is 3.19. The van der Waals surface area contributed by atoms with Gasteiger partial charge in [-0.15, -0.1) is 0 Å². The number of carboxylic acids is 1. The van der Waals surface area contributed by atoms with E-state index in [1.807, 2.05) is 0 Å². The lowest BCUT2D eigenvalue weighted by Gasteiger charge is -2.24. The Morgan fingerprint density at radius 1 is 0.829 bits per heavy atom. The van der Waals surface area contributed by atoms with Gasteiger partial charge in [-0.2, -0.15) is 12.6 Å². The zero-order valence-corrected chi connectivity index (χ0v) is 19.7. The Morgan fingerprint density at radius 2 is 1.37 bits per heavy atom. The Balaban J connectivity index is 3.01. The number of hydrogen-bond donors (Lipinski definition) is 8. The summed E-state index contributed by atoms with van der Waals surface area (Å²) < 4.78 is 0. The van der Waals surface area contributed by atoms with Crippen LogP contribution in [0.1, 0.15) is 24.8 Å². The van der Waals surface area contributed by atoms with E-state index in [0.717, 1.165) is 0 Å². The number of carboxylic acid groups (broad SMARTS) is 1. The van der Waals surface area contributed by atoms with Gasteiger partial charge in [0.15, 0.2) is 0 Å². The van der Waals surface area contributed by atoms with Crippen molar-refractivity contribution in [2.24, 2.45) is 17.2 Å². The molecular weight excluding hydrogens is 480 g/mol. The smallest absolute Gasteiger partial charge is 0.326 e. The van der Waals surface area contributed by atoms with Crippen LogP contribution in [-0.4, -0.2) is 70.5 Å². The van der Waals surface area contributed by atoms with Crippen molar-refractivity contribution in [1.82, 2.24) is 16.0 Å². The number of thiol groups is 1. The fourth-order valence-electron chi connectivity index (χ4n) is 2.93. The van der Waals surface area contributed by atoms with Gasteiger partial charge in [-0.3, -0.25) is 24.0 Å². The zero-order valence-electron chi connectivity index (χ0n) is 18.8. The van der Waals surface area contributed by atoms with Crippen molar-refractivity contribution in [2.45, 2.75) is 49.9 Å². The van der Waals surface area contributed by atoms with E-state index in [1.54, 1.807) is 30.3 Å². The van der Waals surface area contributed by atoms with Crippen LogP contribution in [0, 0.1) is 0 Å². The van der Waals surface area contributed by atoms with Crippen molar-refractivity contribution in [3.8, 4) is 0 Å². The maximum atomic E-state index is 12.9. The van der Waals surface area contributed by atoms with Crippen molar-refractivity contribution in [3.05, 3.63) is 35.9 Å². The quantitative estimate of drug-likeness (QED) is 0.114. The number of amides is 5. The zero-order chi connectivity index (χ0) is 26.5. The molecule has 0 aliphatic rings. The molecule has 0 saturated carbocycles. The van der Waals surface area contributed by atoms with Crippen LogP contribution in [0.15, 0.2) is 30.3 Å². The van der Waals surface area contributed by atoms with Crippen LogP contribution in [0.5, 0.6) is 0 Å². The summed E-state index contributed by atoms with van der Waals surface area (Å²) in [5.41, 5.74) is 16.3. The fraction of sp³-hybridized carbons (Fsp3) is 0.429. The number of rotatable bonds is 15. The predicted molar refractivity (Wildman–Crippen MR) is 128 cm³/mol. The van der Waals surface area contributed by atoms with Gasteiger partial charge >= 0.3 is 5.97 Å². The summed E-state index contributed by atoms with van der Waals surface area (Å²) in [5, 5.41) is 16.5. The molecule has 1 aromatic carbocycles. The molecule has 1 rings (SSSR count). The molecule has 4 atom stereocenters. The van der Waals surface area contributed by atoms with E-state index in [0.29, 0.717) is 5.56 Å². The van der Waals surface area contributed by atoms with Gasteiger partial charge in [0.1, 0.15) is 18.1 Å². The normalized spacial score (nSPS) is 14.0. The summed E-state index contributed by atoms with van der Waals surface area (Å²) in [6.45, 7) is 0. The molecule has 0 radical (unpaired) electrons. The van der Waals surface area contributed by atoms with Crippen molar-refractivity contribution in [1.29, 1.82) is 0 Å². The second-order valence-corrected chi connectivity index (χ2v) is 8.04. The van der Waals surface area contributed by atoms with Gasteiger partial charge in [0.05, 0.1) is 12.5 Å². The lowest BCUT2D eigenvalue weighted by atomic mass is 10.0. The Bertz CT molecular complexity index is 930. The number of carbonyl (C=O) groups excluding carboxylic acids is 5. The van der Waals surface area contributed by atoms with E-state index in [-0.39, 0.29) is 25.0 Å². The minimum atomic E-state index is -1.42. The summed E-state index contributed by atoms with van der Waals surface area (Å²) >= 11 is 4.04. The molecule has 14 heteroatoms. The lowest BCUT2D eigenvalue weighted by molar-refractivity contribution is -0.142. The average molecular weight is 511 g/mol. The first kappa shape index (κ1) is 29.4. The molecule has 5 amide bonds. The molecule has 10 N–H and O–H groups in total. The molecule has 0 aliphatic heterocycles. The summed E-state index contributed by atoms with van der Waals surface area (Å²) in [4.78, 5) is 71.4. The van der Waals surface area contributed by atoms with Crippen molar-refractivity contribution in [2.75, 3.05) is 5.75 Å². The van der Waals surface area contributed by atoms with Crippen LogP contribution in [-0.2, 0) is 35.2 Å². The number of nitrogens with two attached hydrogens (primary N) is 3.